The Morgan fingerprint density at radius 2 is 2.12 bits per heavy atom. The molecule has 0 unspecified atom stereocenters. The fourth-order valence-electron chi connectivity index (χ4n) is 1.82. The Bertz CT molecular complexity index is 394. The molecule has 0 N–H and O–H groups in total. The summed E-state index contributed by atoms with van der Waals surface area (Å²) in [7, 11) is 0. The topological polar surface area (TPSA) is 17.8 Å². The molecule has 0 spiro atoms. The molecule has 2 nitrogen and oxygen atoms in total. The summed E-state index contributed by atoms with van der Waals surface area (Å²) in [4.78, 5) is 0. The van der Waals surface area contributed by atoms with E-state index in [0.29, 0.717) is 5.88 Å². The van der Waals surface area contributed by atoms with Gasteiger partial charge in [-0.3, -0.25) is 4.68 Å². The highest BCUT2D eigenvalue weighted by Crippen LogP contribution is 2.24. The van der Waals surface area contributed by atoms with Crippen LogP contribution in [0.5, 0.6) is 0 Å². The van der Waals surface area contributed by atoms with Crippen LogP contribution in [0.2, 0.25) is 5.02 Å². The molecule has 0 fully saturated rings. The molecular weight excluding hydrogens is 255 g/mol. The van der Waals surface area contributed by atoms with Crippen LogP contribution < -0.4 is 0 Å². The molecule has 4 heteroatoms. The first kappa shape index (κ1) is 14.6. The number of aryl methyl sites for hydroxylation is 2. The van der Waals surface area contributed by atoms with E-state index in [2.05, 4.69) is 31.9 Å². The van der Waals surface area contributed by atoms with Crippen LogP contribution in [0, 0.1) is 0 Å². The Morgan fingerprint density at radius 3 is 2.65 bits per heavy atom. The van der Waals surface area contributed by atoms with Crippen molar-refractivity contribution in [1.29, 1.82) is 0 Å². The second-order valence-corrected chi connectivity index (χ2v) is 4.84. The summed E-state index contributed by atoms with van der Waals surface area (Å²) in [5.74, 6) is 0.665. The van der Waals surface area contributed by atoms with Crippen LogP contribution in [0.3, 0.4) is 0 Å². The molecule has 0 aliphatic rings. The normalized spacial score (nSPS) is 12.2. The molecule has 1 aromatic rings. The Labute approximate surface area is 114 Å². The zero-order valence-electron chi connectivity index (χ0n) is 10.8. The van der Waals surface area contributed by atoms with Gasteiger partial charge >= 0.3 is 0 Å². The van der Waals surface area contributed by atoms with E-state index in [0.717, 1.165) is 42.2 Å². The molecular formula is C13H20Cl2N2. The molecule has 0 amide bonds. The average Bonchev–Trinajstić information content (AvgIpc) is 2.63. The van der Waals surface area contributed by atoms with Gasteiger partial charge in [0.1, 0.15) is 0 Å². The number of allylic oxidation sites excluding steroid dienone is 2. The predicted octanol–water partition coefficient (Wildman–Crippen LogP) is 4.24. The van der Waals surface area contributed by atoms with Crippen LogP contribution in [0.4, 0.5) is 0 Å². The van der Waals surface area contributed by atoms with Crippen molar-refractivity contribution in [3.8, 4) is 0 Å². The smallest absolute Gasteiger partial charge is 0.0853 e. The van der Waals surface area contributed by atoms with E-state index >= 15 is 0 Å². The summed E-state index contributed by atoms with van der Waals surface area (Å²) in [6.07, 6.45) is 4.81. The van der Waals surface area contributed by atoms with Crippen LogP contribution in [0.25, 0.3) is 0 Å². The summed E-state index contributed by atoms with van der Waals surface area (Å²) >= 11 is 12.0. The maximum absolute atomic E-state index is 6.35. The summed E-state index contributed by atoms with van der Waals surface area (Å²) in [5, 5.41) is 5.34. The number of hydrogen-bond donors (Lipinski definition) is 0. The van der Waals surface area contributed by atoms with E-state index in [9.17, 15) is 0 Å². The Balaban J connectivity index is 2.92. The van der Waals surface area contributed by atoms with E-state index in [1.807, 2.05) is 4.68 Å². The van der Waals surface area contributed by atoms with Crippen molar-refractivity contribution >= 4 is 23.2 Å². The minimum Gasteiger partial charge on any atom is -0.268 e. The molecule has 0 bridgehead atoms. The second-order valence-electron chi connectivity index (χ2n) is 4.08. The molecule has 0 aliphatic heterocycles. The summed E-state index contributed by atoms with van der Waals surface area (Å²) in [6.45, 7) is 7.14. The number of aromatic nitrogens is 2. The maximum atomic E-state index is 6.35. The Kier molecular flexibility index (Phi) is 6.07. The lowest BCUT2D eigenvalue weighted by atomic mass is 10.1. The van der Waals surface area contributed by atoms with Gasteiger partial charge in [-0.15, -0.1) is 11.6 Å². The SMILES string of the molecule is CCc1nn(CC)c(CC(C)=CCCCl)c1Cl. The van der Waals surface area contributed by atoms with E-state index in [-0.39, 0.29) is 0 Å². The lowest BCUT2D eigenvalue weighted by Crippen LogP contribution is -2.03. The minimum absolute atomic E-state index is 0.665. The van der Waals surface area contributed by atoms with Gasteiger partial charge in [0.2, 0.25) is 0 Å². The van der Waals surface area contributed by atoms with Crippen LogP contribution in [-0.2, 0) is 19.4 Å². The van der Waals surface area contributed by atoms with Crippen LogP contribution in [-0.4, -0.2) is 15.7 Å². The van der Waals surface area contributed by atoms with Gasteiger partial charge in [0.25, 0.3) is 0 Å². The lowest BCUT2D eigenvalue weighted by molar-refractivity contribution is 0.620. The number of halogens is 2. The molecule has 0 radical (unpaired) electrons. The van der Waals surface area contributed by atoms with Crippen LogP contribution in [0.1, 0.15) is 38.6 Å². The molecule has 1 aromatic heterocycles. The van der Waals surface area contributed by atoms with Gasteiger partial charge in [-0.2, -0.15) is 5.10 Å². The summed E-state index contributed by atoms with van der Waals surface area (Å²) < 4.78 is 2.00. The fourth-order valence-corrected chi connectivity index (χ4v) is 2.27. The van der Waals surface area contributed by atoms with E-state index in [1.165, 1.54) is 5.57 Å². The first-order valence-corrected chi connectivity index (χ1v) is 7.00. The molecule has 0 atom stereocenters. The highest BCUT2D eigenvalue weighted by atomic mass is 35.5. The molecule has 0 aromatic carbocycles. The van der Waals surface area contributed by atoms with E-state index < -0.39 is 0 Å². The zero-order valence-corrected chi connectivity index (χ0v) is 12.3. The Morgan fingerprint density at radius 1 is 1.41 bits per heavy atom. The first-order valence-electron chi connectivity index (χ1n) is 6.09. The van der Waals surface area contributed by atoms with Crippen molar-refractivity contribution in [2.75, 3.05) is 5.88 Å². The van der Waals surface area contributed by atoms with E-state index in [4.69, 9.17) is 23.2 Å². The molecule has 0 aliphatic carbocycles. The lowest BCUT2D eigenvalue weighted by Gasteiger charge is -2.05. The second kappa shape index (κ2) is 7.07. The molecule has 0 saturated carbocycles. The van der Waals surface area contributed by atoms with Crippen molar-refractivity contribution in [3.05, 3.63) is 28.1 Å². The number of hydrogen-bond acceptors (Lipinski definition) is 1. The molecule has 17 heavy (non-hydrogen) atoms. The third-order valence-electron chi connectivity index (χ3n) is 2.74. The van der Waals surface area contributed by atoms with E-state index in [1.54, 1.807) is 0 Å². The van der Waals surface area contributed by atoms with Gasteiger partial charge < -0.3 is 0 Å². The van der Waals surface area contributed by atoms with Crippen molar-refractivity contribution in [3.63, 3.8) is 0 Å². The van der Waals surface area contributed by atoms with Gasteiger partial charge in [0, 0.05) is 18.8 Å². The van der Waals surface area contributed by atoms with Crippen LogP contribution >= 0.6 is 23.2 Å². The quantitative estimate of drug-likeness (QED) is 0.561. The van der Waals surface area contributed by atoms with Crippen molar-refractivity contribution in [1.82, 2.24) is 9.78 Å². The third-order valence-corrected chi connectivity index (χ3v) is 3.40. The van der Waals surface area contributed by atoms with Gasteiger partial charge in [-0.1, -0.05) is 30.2 Å². The number of rotatable bonds is 6. The molecule has 1 rings (SSSR count). The predicted molar refractivity (Wildman–Crippen MR) is 75.1 cm³/mol. The standard InChI is InChI=1S/C13H20Cl2N2/c1-4-11-13(15)12(17(5-2)16-11)9-10(3)7-6-8-14/h7H,4-6,8-9H2,1-3H3. The average molecular weight is 275 g/mol. The summed E-state index contributed by atoms with van der Waals surface area (Å²) in [6, 6.07) is 0. The minimum atomic E-state index is 0.665. The van der Waals surface area contributed by atoms with Crippen LogP contribution in [0.15, 0.2) is 11.6 Å². The van der Waals surface area contributed by atoms with Crippen molar-refractivity contribution in [2.24, 2.45) is 0 Å². The van der Waals surface area contributed by atoms with Gasteiger partial charge in [-0.25, -0.2) is 0 Å². The van der Waals surface area contributed by atoms with Crippen molar-refractivity contribution < 1.29 is 0 Å². The molecule has 96 valence electrons. The Hall–Kier alpha value is -0.470. The zero-order chi connectivity index (χ0) is 12.8. The highest BCUT2D eigenvalue weighted by Gasteiger charge is 2.14. The highest BCUT2D eigenvalue weighted by molar-refractivity contribution is 6.31. The fraction of sp³-hybridized carbons (Fsp3) is 0.615. The van der Waals surface area contributed by atoms with Crippen molar-refractivity contribution in [2.45, 2.75) is 46.6 Å². The monoisotopic (exact) mass is 274 g/mol. The van der Waals surface area contributed by atoms with Gasteiger partial charge in [0.05, 0.1) is 16.4 Å². The molecule has 1 heterocycles. The molecule has 0 saturated heterocycles. The third kappa shape index (κ3) is 3.75. The van der Waals surface area contributed by atoms with Gasteiger partial charge in [-0.05, 0) is 26.7 Å². The largest absolute Gasteiger partial charge is 0.268 e. The van der Waals surface area contributed by atoms with Gasteiger partial charge in [0.15, 0.2) is 0 Å². The number of nitrogens with zero attached hydrogens (tertiary/aromatic N) is 2. The number of alkyl halides is 1. The summed E-state index contributed by atoms with van der Waals surface area (Å²) in [5.41, 5.74) is 3.41. The first-order chi connectivity index (χ1) is 8.13. The maximum Gasteiger partial charge on any atom is 0.0853 e.